The minimum atomic E-state index is -4.46. The highest BCUT2D eigenvalue weighted by molar-refractivity contribution is 7.85. The van der Waals surface area contributed by atoms with Crippen molar-refractivity contribution in [3.8, 4) is 5.75 Å². The predicted molar refractivity (Wildman–Crippen MR) is 108 cm³/mol. The van der Waals surface area contributed by atoms with Crippen molar-refractivity contribution < 1.29 is 40.0 Å². The van der Waals surface area contributed by atoms with Crippen LogP contribution in [0, 0.1) is 0 Å². The highest BCUT2D eigenvalue weighted by atomic mass is 32.2. The van der Waals surface area contributed by atoms with Crippen molar-refractivity contribution >= 4 is 16.2 Å². The van der Waals surface area contributed by atoms with E-state index in [1.165, 1.54) is 17.0 Å². The predicted octanol–water partition coefficient (Wildman–Crippen LogP) is 3.84. The van der Waals surface area contributed by atoms with Gasteiger partial charge in [-0.3, -0.25) is 9.08 Å². The number of benzene rings is 2. The Morgan fingerprint density at radius 2 is 1.75 bits per heavy atom. The smallest absolute Gasteiger partial charge is 0.416 e. The molecular formula is C21H22F3NO6S. The van der Waals surface area contributed by atoms with Crippen LogP contribution in [0.2, 0.25) is 0 Å². The molecule has 1 amide bonds. The van der Waals surface area contributed by atoms with Crippen molar-refractivity contribution in [3.05, 3.63) is 65.7 Å². The second-order valence-electron chi connectivity index (χ2n) is 7.33. The molecular weight excluding hydrogens is 451 g/mol. The molecule has 0 aromatic heterocycles. The Morgan fingerprint density at radius 1 is 1.09 bits per heavy atom. The van der Waals surface area contributed by atoms with Crippen LogP contribution >= 0.6 is 0 Å². The fourth-order valence-electron chi connectivity index (χ4n) is 3.26. The van der Waals surface area contributed by atoms with Gasteiger partial charge in [0.05, 0.1) is 31.0 Å². The fourth-order valence-corrected chi connectivity index (χ4v) is 3.66. The van der Waals surface area contributed by atoms with Gasteiger partial charge in [0.1, 0.15) is 18.5 Å². The van der Waals surface area contributed by atoms with Gasteiger partial charge in [0.25, 0.3) is 10.1 Å². The fraction of sp³-hybridized carbons (Fsp3) is 0.381. The van der Waals surface area contributed by atoms with E-state index >= 15 is 0 Å². The zero-order valence-electron chi connectivity index (χ0n) is 17.1. The summed E-state index contributed by atoms with van der Waals surface area (Å²) in [4.78, 5) is 13.9. The molecule has 3 rings (SSSR count). The van der Waals surface area contributed by atoms with Crippen LogP contribution in [0.3, 0.4) is 0 Å². The lowest BCUT2D eigenvalue weighted by atomic mass is 10.2. The van der Waals surface area contributed by atoms with Gasteiger partial charge >= 0.3 is 12.3 Å². The highest BCUT2D eigenvalue weighted by Gasteiger charge is 2.38. The molecule has 0 N–H and O–H groups in total. The molecule has 0 aliphatic carbocycles. The number of alkyl halides is 3. The monoisotopic (exact) mass is 473 g/mol. The maximum Gasteiger partial charge on any atom is 0.416 e. The molecule has 1 aliphatic rings. The average molecular weight is 473 g/mol. The topological polar surface area (TPSA) is 82.1 Å². The van der Waals surface area contributed by atoms with Gasteiger partial charge in [0, 0.05) is 6.42 Å². The van der Waals surface area contributed by atoms with E-state index in [4.69, 9.17) is 13.7 Å². The van der Waals surface area contributed by atoms with E-state index in [2.05, 4.69) is 0 Å². The molecule has 0 radical (unpaired) electrons. The highest BCUT2D eigenvalue weighted by Crippen LogP contribution is 2.31. The summed E-state index contributed by atoms with van der Waals surface area (Å²) in [6, 6.07) is 12.6. The lowest BCUT2D eigenvalue weighted by Gasteiger charge is -2.23. The van der Waals surface area contributed by atoms with Gasteiger partial charge in [-0.1, -0.05) is 30.3 Å². The molecule has 0 unspecified atom stereocenters. The summed E-state index contributed by atoms with van der Waals surface area (Å²) in [6.45, 7) is -0.196. The SMILES string of the molecule is CS(=O)(=O)OC[C@@H]1C[C@H](Oc2ccc(C(F)(F)F)cc2)CN1C(=O)OCc1ccccc1. The summed E-state index contributed by atoms with van der Waals surface area (Å²) < 4.78 is 76.9. The van der Waals surface area contributed by atoms with Crippen LogP contribution in [0.1, 0.15) is 17.5 Å². The van der Waals surface area contributed by atoms with Crippen LogP contribution < -0.4 is 4.74 Å². The minimum absolute atomic E-state index is 0.0280. The number of amides is 1. The van der Waals surface area contributed by atoms with Crippen LogP contribution in [0.4, 0.5) is 18.0 Å². The molecule has 0 spiro atoms. The number of halogens is 3. The molecule has 32 heavy (non-hydrogen) atoms. The first-order chi connectivity index (χ1) is 15.0. The number of rotatable bonds is 7. The minimum Gasteiger partial charge on any atom is -0.489 e. The first-order valence-corrected chi connectivity index (χ1v) is 11.5. The van der Waals surface area contributed by atoms with Gasteiger partial charge in [-0.25, -0.2) is 4.79 Å². The molecule has 1 fully saturated rings. The number of carbonyl (C=O) groups excluding carboxylic acids is 1. The molecule has 2 aromatic carbocycles. The van der Waals surface area contributed by atoms with Gasteiger partial charge < -0.3 is 9.47 Å². The van der Waals surface area contributed by atoms with Crippen LogP contribution in [-0.2, 0) is 31.8 Å². The van der Waals surface area contributed by atoms with Crippen LogP contribution in [-0.4, -0.2) is 51.0 Å². The van der Waals surface area contributed by atoms with Gasteiger partial charge in [0.2, 0.25) is 0 Å². The molecule has 0 bridgehead atoms. The van der Waals surface area contributed by atoms with E-state index in [-0.39, 0.29) is 31.9 Å². The molecule has 1 saturated heterocycles. The van der Waals surface area contributed by atoms with Crippen molar-refractivity contribution in [1.29, 1.82) is 0 Å². The Morgan fingerprint density at radius 3 is 2.34 bits per heavy atom. The number of nitrogens with zero attached hydrogens (tertiary/aromatic N) is 1. The summed E-state index contributed by atoms with van der Waals surface area (Å²) in [7, 11) is -3.74. The number of ether oxygens (including phenoxy) is 2. The van der Waals surface area contributed by atoms with E-state index in [0.29, 0.717) is 0 Å². The van der Waals surface area contributed by atoms with Gasteiger partial charge in [-0.2, -0.15) is 21.6 Å². The second-order valence-corrected chi connectivity index (χ2v) is 8.98. The first kappa shape index (κ1) is 23.9. The van der Waals surface area contributed by atoms with Crippen LogP contribution in [0.25, 0.3) is 0 Å². The molecule has 1 heterocycles. The molecule has 0 saturated carbocycles. The molecule has 2 atom stereocenters. The normalized spacial score (nSPS) is 19.1. The zero-order valence-corrected chi connectivity index (χ0v) is 17.9. The Labute approximate surface area is 183 Å². The zero-order chi connectivity index (χ0) is 23.4. The van der Waals surface area contributed by atoms with Crippen molar-refractivity contribution in [2.75, 3.05) is 19.4 Å². The second kappa shape index (κ2) is 9.78. The first-order valence-electron chi connectivity index (χ1n) is 9.67. The summed E-state index contributed by atoms with van der Waals surface area (Å²) in [5.41, 5.74) is -0.0247. The lowest BCUT2D eigenvalue weighted by Crippen LogP contribution is -2.39. The van der Waals surface area contributed by atoms with Crippen molar-refractivity contribution in [2.24, 2.45) is 0 Å². The standard InChI is InChI=1S/C21H22F3NO6S/c1-32(27,28)30-14-17-11-19(31-18-9-7-16(8-10-18)21(22,23)24)12-25(17)20(26)29-13-15-5-3-2-4-6-15/h2-10,17,19H,11-14H2,1H3/t17-,19-/m0/s1. The van der Waals surface area contributed by atoms with E-state index in [9.17, 15) is 26.4 Å². The van der Waals surface area contributed by atoms with E-state index in [1.54, 1.807) is 24.3 Å². The quantitative estimate of drug-likeness (QED) is 0.569. The molecule has 2 aromatic rings. The summed E-state index contributed by atoms with van der Waals surface area (Å²) in [5.74, 6) is 0.199. The van der Waals surface area contributed by atoms with Crippen molar-refractivity contribution in [3.63, 3.8) is 0 Å². The van der Waals surface area contributed by atoms with Gasteiger partial charge in [-0.05, 0) is 29.8 Å². The average Bonchev–Trinajstić information content (AvgIpc) is 3.13. The van der Waals surface area contributed by atoms with E-state index < -0.39 is 40.1 Å². The number of hydrogen-bond donors (Lipinski definition) is 0. The maximum atomic E-state index is 12.7. The Balaban J connectivity index is 1.66. The van der Waals surface area contributed by atoms with Crippen molar-refractivity contribution in [2.45, 2.75) is 31.3 Å². The molecule has 7 nitrogen and oxygen atoms in total. The Hall–Kier alpha value is -2.79. The number of carbonyl (C=O) groups is 1. The third-order valence-electron chi connectivity index (χ3n) is 4.77. The maximum absolute atomic E-state index is 12.7. The van der Waals surface area contributed by atoms with Gasteiger partial charge in [-0.15, -0.1) is 0 Å². The van der Waals surface area contributed by atoms with E-state index in [1.807, 2.05) is 6.07 Å². The molecule has 1 aliphatic heterocycles. The molecule has 11 heteroatoms. The van der Waals surface area contributed by atoms with E-state index in [0.717, 1.165) is 24.0 Å². The van der Waals surface area contributed by atoms with Crippen molar-refractivity contribution in [1.82, 2.24) is 4.90 Å². The summed E-state index contributed by atoms with van der Waals surface area (Å²) in [6.07, 6.45) is -4.59. The molecule has 174 valence electrons. The Kier molecular flexibility index (Phi) is 7.29. The summed E-state index contributed by atoms with van der Waals surface area (Å²) >= 11 is 0. The Bertz CT molecular complexity index is 1010. The summed E-state index contributed by atoms with van der Waals surface area (Å²) in [5, 5.41) is 0. The number of likely N-dealkylation sites (tertiary alicyclic amines) is 1. The van der Waals surface area contributed by atoms with Gasteiger partial charge in [0.15, 0.2) is 0 Å². The van der Waals surface area contributed by atoms with Crippen LogP contribution in [0.5, 0.6) is 5.75 Å². The third-order valence-corrected chi connectivity index (χ3v) is 5.34. The lowest BCUT2D eigenvalue weighted by molar-refractivity contribution is -0.137. The largest absolute Gasteiger partial charge is 0.489 e. The third kappa shape index (κ3) is 6.86. The van der Waals surface area contributed by atoms with Crippen LogP contribution in [0.15, 0.2) is 54.6 Å². The number of hydrogen-bond acceptors (Lipinski definition) is 6.